The van der Waals surface area contributed by atoms with Crippen molar-refractivity contribution in [2.45, 2.75) is 12.8 Å². The van der Waals surface area contributed by atoms with Gasteiger partial charge in [-0.2, -0.15) is 0 Å². The molecule has 11 heavy (non-hydrogen) atoms. The van der Waals surface area contributed by atoms with E-state index in [0.29, 0.717) is 6.42 Å². The Labute approximate surface area is 80.1 Å². The number of rotatable bonds is 4. The SMILES string of the molecule is CN(C)CCCC(N)=O.Cl.Cl. The fourth-order valence-electron chi connectivity index (χ4n) is 0.570. The summed E-state index contributed by atoms with van der Waals surface area (Å²) in [6.07, 6.45) is 1.36. The highest BCUT2D eigenvalue weighted by Gasteiger charge is 1.93. The van der Waals surface area contributed by atoms with Crippen molar-refractivity contribution >= 4 is 30.7 Å². The minimum Gasteiger partial charge on any atom is -0.370 e. The van der Waals surface area contributed by atoms with Crippen molar-refractivity contribution in [3.05, 3.63) is 0 Å². The molecule has 0 rings (SSSR count). The predicted octanol–water partition coefficient (Wildman–Crippen LogP) is 0.657. The summed E-state index contributed by atoms with van der Waals surface area (Å²) in [5.41, 5.74) is 4.92. The van der Waals surface area contributed by atoms with Crippen molar-refractivity contribution in [2.24, 2.45) is 5.73 Å². The molecule has 0 fully saturated rings. The summed E-state index contributed by atoms with van der Waals surface area (Å²) in [5, 5.41) is 0. The first-order valence-electron chi connectivity index (χ1n) is 3.06. The molecule has 70 valence electrons. The normalized spacial score (nSPS) is 8.27. The summed E-state index contributed by atoms with van der Waals surface area (Å²) in [5.74, 6) is -0.211. The molecular weight excluding hydrogens is 187 g/mol. The fraction of sp³-hybridized carbons (Fsp3) is 0.833. The van der Waals surface area contributed by atoms with E-state index in [1.54, 1.807) is 0 Å². The first-order chi connectivity index (χ1) is 4.13. The smallest absolute Gasteiger partial charge is 0.217 e. The van der Waals surface area contributed by atoms with E-state index in [0.717, 1.165) is 13.0 Å². The van der Waals surface area contributed by atoms with Crippen molar-refractivity contribution < 1.29 is 4.79 Å². The molecule has 0 atom stereocenters. The van der Waals surface area contributed by atoms with Crippen LogP contribution < -0.4 is 5.73 Å². The highest BCUT2D eigenvalue weighted by Crippen LogP contribution is 1.87. The number of carbonyl (C=O) groups is 1. The van der Waals surface area contributed by atoms with Crippen LogP contribution in [0, 0.1) is 0 Å². The van der Waals surface area contributed by atoms with Crippen molar-refractivity contribution in [2.75, 3.05) is 20.6 Å². The largest absolute Gasteiger partial charge is 0.370 e. The highest BCUT2D eigenvalue weighted by atomic mass is 35.5. The quantitative estimate of drug-likeness (QED) is 0.729. The van der Waals surface area contributed by atoms with Crippen LogP contribution in [0.25, 0.3) is 0 Å². The zero-order valence-corrected chi connectivity index (χ0v) is 8.50. The van der Waals surface area contributed by atoms with Gasteiger partial charge < -0.3 is 10.6 Å². The van der Waals surface area contributed by atoms with Crippen LogP contribution in [-0.4, -0.2) is 31.4 Å². The van der Waals surface area contributed by atoms with Gasteiger partial charge in [0.25, 0.3) is 0 Å². The van der Waals surface area contributed by atoms with E-state index in [9.17, 15) is 4.79 Å². The number of halogens is 2. The molecule has 0 unspecified atom stereocenters. The van der Waals surface area contributed by atoms with Crippen LogP contribution in [0.1, 0.15) is 12.8 Å². The minimum absolute atomic E-state index is 0. The number of nitrogens with zero attached hydrogens (tertiary/aromatic N) is 1. The molecule has 5 heteroatoms. The molecule has 0 aliphatic rings. The van der Waals surface area contributed by atoms with Gasteiger partial charge in [0, 0.05) is 6.42 Å². The van der Waals surface area contributed by atoms with Crippen LogP contribution in [0.2, 0.25) is 0 Å². The molecule has 0 aromatic rings. The number of nitrogens with two attached hydrogens (primary N) is 1. The van der Waals surface area contributed by atoms with Crippen LogP contribution in [0.15, 0.2) is 0 Å². The average molecular weight is 203 g/mol. The zero-order valence-electron chi connectivity index (χ0n) is 6.87. The molecule has 0 radical (unpaired) electrons. The van der Waals surface area contributed by atoms with Crippen LogP contribution in [0.4, 0.5) is 0 Å². The van der Waals surface area contributed by atoms with Gasteiger partial charge in [-0.3, -0.25) is 4.79 Å². The van der Waals surface area contributed by atoms with Gasteiger partial charge in [-0.05, 0) is 27.1 Å². The molecule has 0 aromatic carbocycles. The highest BCUT2D eigenvalue weighted by molar-refractivity contribution is 5.85. The van der Waals surface area contributed by atoms with Gasteiger partial charge in [0.2, 0.25) is 5.91 Å². The molecule has 2 N–H and O–H groups in total. The van der Waals surface area contributed by atoms with E-state index in [1.165, 1.54) is 0 Å². The Morgan fingerprint density at radius 2 is 1.82 bits per heavy atom. The molecule has 3 nitrogen and oxygen atoms in total. The second-order valence-corrected chi connectivity index (χ2v) is 2.37. The Bertz CT molecular complexity index is 98.6. The van der Waals surface area contributed by atoms with Gasteiger partial charge in [0.1, 0.15) is 0 Å². The maximum Gasteiger partial charge on any atom is 0.217 e. The van der Waals surface area contributed by atoms with E-state index in [2.05, 4.69) is 0 Å². The molecular formula is C6H16Cl2N2O. The fourth-order valence-corrected chi connectivity index (χ4v) is 0.570. The van der Waals surface area contributed by atoms with Crippen molar-refractivity contribution in [3.63, 3.8) is 0 Å². The van der Waals surface area contributed by atoms with E-state index in [1.807, 2.05) is 19.0 Å². The molecule has 0 aliphatic carbocycles. The molecule has 0 aliphatic heterocycles. The van der Waals surface area contributed by atoms with Crippen LogP contribution in [0.3, 0.4) is 0 Å². The summed E-state index contributed by atoms with van der Waals surface area (Å²) < 4.78 is 0. The van der Waals surface area contributed by atoms with Gasteiger partial charge in [-0.1, -0.05) is 0 Å². The molecule has 1 amide bonds. The number of carbonyl (C=O) groups excluding carboxylic acids is 1. The van der Waals surface area contributed by atoms with Crippen molar-refractivity contribution in [3.8, 4) is 0 Å². The molecule has 0 bridgehead atoms. The van der Waals surface area contributed by atoms with E-state index < -0.39 is 0 Å². The van der Waals surface area contributed by atoms with Gasteiger partial charge in [0.15, 0.2) is 0 Å². The lowest BCUT2D eigenvalue weighted by atomic mass is 10.3. The summed E-state index contributed by atoms with van der Waals surface area (Å²) in [6.45, 7) is 0.933. The van der Waals surface area contributed by atoms with Gasteiger partial charge in [0.05, 0.1) is 0 Å². The van der Waals surface area contributed by atoms with E-state index >= 15 is 0 Å². The standard InChI is InChI=1S/C6H14N2O.2ClH/c1-8(2)5-3-4-6(7)9;;/h3-5H2,1-2H3,(H2,7,9);2*1H. The van der Waals surface area contributed by atoms with Crippen molar-refractivity contribution in [1.82, 2.24) is 4.90 Å². The van der Waals surface area contributed by atoms with E-state index in [-0.39, 0.29) is 30.7 Å². The first-order valence-corrected chi connectivity index (χ1v) is 3.06. The molecule has 0 aromatic heterocycles. The van der Waals surface area contributed by atoms with Crippen molar-refractivity contribution in [1.29, 1.82) is 0 Å². The van der Waals surface area contributed by atoms with Gasteiger partial charge in [-0.25, -0.2) is 0 Å². The van der Waals surface area contributed by atoms with Crippen LogP contribution in [0.5, 0.6) is 0 Å². The van der Waals surface area contributed by atoms with E-state index in [4.69, 9.17) is 5.73 Å². The van der Waals surface area contributed by atoms with Gasteiger partial charge in [-0.15, -0.1) is 24.8 Å². The zero-order chi connectivity index (χ0) is 7.28. The third-order valence-electron chi connectivity index (χ3n) is 1.03. The van der Waals surface area contributed by atoms with Crippen LogP contribution in [-0.2, 0) is 4.79 Å². The number of amides is 1. The number of hydrogen-bond acceptors (Lipinski definition) is 2. The Kier molecular flexibility index (Phi) is 15.6. The first kappa shape index (κ1) is 17.2. The lowest BCUT2D eigenvalue weighted by molar-refractivity contribution is -0.118. The topological polar surface area (TPSA) is 46.3 Å². The Balaban J connectivity index is -0.000000320. The Hall–Kier alpha value is 0.01000. The summed E-state index contributed by atoms with van der Waals surface area (Å²) >= 11 is 0. The summed E-state index contributed by atoms with van der Waals surface area (Å²) in [4.78, 5) is 12.2. The predicted molar refractivity (Wildman–Crippen MR) is 51.5 cm³/mol. The number of hydrogen-bond donors (Lipinski definition) is 1. The Morgan fingerprint density at radius 3 is 2.09 bits per heavy atom. The summed E-state index contributed by atoms with van der Waals surface area (Å²) in [7, 11) is 3.95. The average Bonchev–Trinajstić information content (AvgIpc) is 1.63. The lowest BCUT2D eigenvalue weighted by Gasteiger charge is -2.06. The molecule has 0 heterocycles. The summed E-state index contributed by atoms with van der Waals surface area (Å²) in [6, 6.07) is 0. The lowest BCUT2D eigenvalue weighted by Crippen LogP contribution is -2.17. The second-order valence-electron chi connectivity index (χ2n) is 2.37. The Morgan fingerprint density at radius 1 is 1.36 bits per heavy atom. The third-order valence-corrected chi connectivity index (χ3v) is 1.03. The third kappa shape index (κ3) is 17.8. The molecule has 0 saturated heterocycles. The minimum atomic E-state index is -0.211. The maximum atomic E-state index is 10.2. The maximum absolute atomic E-state index is 10.2. The van der Waals surface area contributed by atoms with Crippen LogP contribution >= 0.6 is 24.8 Å². The number of primary amides is 1. The molecule has 0 saturated carbocycles. The molecule has 0 spiro atoms. The van der Waals surface area contributed by atoms with Gasteiger partial charge >= 0.3 is 0 Å². The second kappa shape index (κ2) is 10.0. The monoisotopic (exact) mass is 202 g/mol.